The predicted molar refractivity (Wildman–Crippen MR) is 72.7 cm³/mol. The van der Waals surface area contributed by atoms with Crippen LogP contribution in [0.1, 0.15) is 43.8 Å². The molecule has 118 valence electrons. The summed E-state index contributed by atoms with van der Waals surface area (Å²) in [7, 11) is 0. The molecule has 0 aromatic heterocycles. The molecule has 3 nitrogen and oxygen atoms in total. The number of halogens is 3. The molecule has 1 aliphatic carbocycles. The van der Waals surface area contributed by atoms with Crippen molar-refractivity contribution in [3.05, 3.63) is 29.8 Å². The lowest BCUT2D eigenvalue weighted by Crippen LogP contribution is -2.38. The van der Waals surface area contributed by atoms with E-state index in [1.807, 2.05) is 0 Å². The zero-order valence-corrected chi connectivity index (χ0v) is 11.7. The van der Waals surface area contributed by atoms with Gasteiger partial charge < -0.3 is 15.6 Å². The van der Waals surface area contributed by atoms with E-state index in [1.165, 1.54) is 24.3 Å². The molecule has 0 heterocycles. The van der Waals surface area contributed by atoms with Gasteiger partial charge in [-0.3, -0.25) is 0 Å². The second kappa shape index (κ2) is 6.23. The average Bonchev–Trinajstić information content (AvgIpc) is 2.46. The van der Waals surface area contributed by atoms with E-state index in [1.54, 1.807) is 0 Å². The van der Waals surface area contributed by atoms with E-state index in [0.29, 0.717) is 12.1 Å². The Labute approximate surface area is 121 Å². The minimum Gasteiger partial charge on any atom is -0.406 e. The molecule has 1 fully saturated rings. The van der Waals surface area contributed by atoms with Crippen LogP contribution in [0, 0.1) is 5.41 Å². The lowest BCUT2D eigenvalue weighted by molar-refractivity contribution is -0.274. The van der Waals surface area contributed by atoms with Crippen LogP contribution in [0.2, 0.25) is 0 Å². The molecule has 2 rings (SSSR count). The monoisotopic (exact) mass is 303 g/mol. The molecule has 0 spiro atoms. The van der Waals surface area contributed by atoms with Gasteiger partial charge in [-0.25, -0.2) is 0 Å². The van der Waals surface area contributed by atoms with Crippen molar-refractivity contribution in [2.45, 2.75) is 44.6 Å². The molecular weight excluding hydrogens is 283 g/mol. The number of hydrogen-bond acceptors (Lipinski definition) is 3. The summed E-state index contributed by atoms with van der Waals surface area (Å²) in [5.74, 6) is -0.288. The first-order chi connectivity index (χ1) is 9.86. The van der Waals surface area contributed by atoms with Gasteiger partial charge in [-0.05, 0) is 30.5 Å². The summed E-state index contributed by atoms with van der Waals surface area (Å²) in [5, 5.41) is 10.6. The van der Waals surface area contributed by atoms with Gasteiger partial charge in [-0.1, -0.05) is 31.4 Å². The van der Waals surface area contributed by atoms with Crippen LogP contribution in [0.5, 0.6) is 5.75 Å². The minimum atomic E-state index is -4.71. The first-order valence-electron chi connectivity index (χ1n) is 7.10. The van der Waals surface area contributed by atoms with Crippen molar-refractivity contribution in [1.29, 1.82) is 0 Å². The summed E-state index contributed by atoms with van der Waals surface area (Å²) in [5.41, 5.74) is 6.07. The highest BCUT2D eigenvalue weighted by atomic mass is 19.4. The molecule has 21 heavy (non-hydrogen) atoms. The third-order valence-electron chi connectivity index (χ3n) is 4.27. The van der Waals surface area contributed by atoms with Crippen LogP contribution in [0.15, 0.2) is 24.3 Å². The van der Waals surface area contributed by atoms with Crippen molar-refractivity contribution >= 4 is 0 Å². The number of ether oxygens (including phenoxy) is 1. The van der Waals surface area contributed by atoms with Crippen molar-refractivity contribution in [2.24, 2.45) is 11.1 Å². The standard InChI is InChI=1S/C15H20F3NO2/c16-15(17,18)21-12-6-4-11(5-7-12)13(20)14(10-19)8-2-1-3-9-14/h4-7,13,20H,1-3,8-10,19H2. The lowest BCUT2D eigenvalue weighted by Gasteiger charge is -2.40. The van der Waals surface area contributed by atoms with Gasteiger partial charge in [-0.15, -0.1) is 13.2 Å². The van der Waals surface area contributed by atoms with Crippen LogP contribution >= 0.6 is 0 Å². The van der Waals surface area contributed by atoms with E-state index in [4.69, 9.17) is 5.73 Å². The summed E-state index contributed by atoms with van der Waals surface area (Å²) in [4.78, 5) is 0. The van der Waals surface area contributed by atoms with E-state index in [0.717, 1.165) is 32.1 Å². The fourth-order valence-electron chi connectivity index (χ4n) is 3.05. The van der Waals surface area contributed by atoms with Crippen molar-refractivity contribution < 1.29 is 23.0 Å². The molecule has 1 unspecified atom stereocenters. The van der Waals surface area contributed by atoms with Crippen LogP contribution < -0.4 is 10.5 Å². The van der Waals surface area contributed by atoms with Crippen LogP contribution in [0.4, 0.5) is 13.2 Å². The molecule has 1 aromatic carbocycles. The lowest BCUT2D eigenvalue weighted by atomic mass is 9.68. The van der Waals surface area contributed by atoms with Gasteiger partial charge in [0.1, 0.15) is 5.75 Å². The summed E-state index contributed by atoms with van der Waals surface area (Å²) < 4.78 is 40.2. The van der Waals surface area contributed by atoms with Crippen LogP contribution in [0.3, 0.4) is 0 Å². The number of aliphatic hydroxyl groups excluding tert-OH is 1. The Morgan fingerprint density at radius 1 is 1.14 bits per heavy atom. The molecular formula is C15H20F3NO2. The smallest absolute Gasteiger partial charge is 0.406 e. The third kappa shape index (κ3) is 3.89. The second-order valence-electron chi connectivity index (χ2n) is 5.65. The number of hydrogen-bond donors (Lipinski definition) is 2. The van der Waals surface area contributed by atoms with Gasteiger partial charge in [0.2, 0.25) is 0 Å². The van der Waals surface area contributed by atoms with Crippen LogP contribution in [0.25, 0.3) is 0 Å². The van der Waals surface area contributed by atoms with Crippen LogP contribution in [-0.4, -0.2) is 18.0 Å². The van der Waals surface area contributed by atoms with Gasteiger partial charge in [0.15, 0.2) is 0 Å². The quantitative estimate of drug-likeness (QED) is 0.894. The molecule has 0 aliphatic heterocycles. The highest BCUT2D eigenvalue weighted by molar-refractivity contribution is 5.29. The Kier molecular flexibility index (Phi) is 4.78. The normalized spacial score (nSPS) is 20.0. The first-order valence-corrected chi connectivity index (χ1v) is 7.10. The van der Waals surface area contributed by atoms with Gasteiger partial charge in [-0.2, -0.15) is 0 Å². The van der Waals surface area contributed by atoms with Crippen molar-refractivity contribution in [1.82, 2.24) is 0 Å². The Balaban J connectivity index is 2.13. The Hall–Kier alpha value is -1.27. The first kappa shape index (κ1) is 16.1. The Morgan fingerprint density at radius 3 is 2.19 bits per heavy atom. The number of rotatable bonds is 4. The largest absolute Gasteiger partial charge is 0.573 e. The van der Waals surface area contributed by atoms with Gasteiger partial charge >= 0.3 is 6.36 Å². The van der Waals surface area contributed by atoms with E-state index >= 15 is 0 Å². The van der Waals surface area contributed by atoms with Crippen molar-refractivity contribution in [2.75, 3.05) is 6.54 Å². The average molecular weight is 303 g/mol. The zero-order valence-electron chi connectivity index (χ0n) is 11.7. The van der Waals surface area contributed by atoms with Gasteiger partial charge in [0.05, 0.1) is 6.10 Å². The van der Waals surface area contributed by atoms with Gasteiger partial charge in [0, 0.05) is 12.0 Å². The van der Waals surface area contributed by atoms with E-state index in [-0.39, 0.29) is 11.2 Å². The van der Waals surface area contributed by atoms with Crippen molar-refractivity contribution in [3.8, 4) is 5.75 Å². The maximum absolute atomic E-state index is 12.1. The molecule has 1 atom stereocenters. The number of aliphatic hydroxyl groups is 1. The van der Waals surface area contributed by atoms with E-state index < -0.39 is 12.5 Å². The summed E-state index contributed by atoms with van der Waals surface area (Å²) in [6, 6.07) is 5.38. The molecule has 6 heteroatoms. The Bertz CT molecular complexity index is 453. The molecule has 0 bridgehead atoms. The number of nitrogens with two attached hydrogens (primary N) is 1. The fourth-order valence-corrected chi connectivity index (χ4v) is 3.05. The molecule has 0 radical (unpaired) electrons. The molecule has 1 saturated carbocycles. The topological polar surface area (TPSA) is 55.5 Å². The molecule has 1 aliphatic rings. The molecule has 3 N–H and O–H groups in total. The molecule has 0 amide bonds. The second-order valence-corrected chi connectivity index (χ2v) is 5.65. The SMILES string of the molecule is NCC1(C(O)c2ccc(OC(F)(F)F)cc2)CCCCC1. The fraction of sp³-hybridized carbons (Fsp3) is 0.600. The van der Waals surface area contributed by atoms with Crippen LogP contribution in [-0.2, 0) is 0 Å². The van der Waals surface area contributed by atoms with Gasteiger partial charge in [0.25, 0.3) is 0 Å². The summed E-state index contributed by atoms with van der Waals surface area (Å²) >= 11 is 0. The maximum atomic E-state index is 12.1. The third-order valence-corrected chi connectivity index (χ3v) is 4.27. The predicted octanol–water partition coefficient (Wildman–Crippen LogP) is 3.53. The molecule has 1 aromatic rings. The molecule has 0 saturated heterocycles. The number of alkyl halides is 3. The minimum absolute atomic E-state index is 0.288. The highest BCUT2D eigenvalue weighted by Crippen LogP contribution is 2.45. The van der Waals surface area contributed by atoms with E-state index in [9.17, 15) is 18.3 Å². The van der Waals surface area contributed by atoms with E-state index in [2.05, 4.69) is 4.74 Å². The zero-order chi connectivity index (χ0) is 15.5. The number of benzene rings is 1. The summed E-state index contributed by atoms with van der Waals surface area (Å²) in [6.45, 7) is 0.370. The van der Waals surface area contributed by atoms with Crippen molar-refractivity contribution in [3.63, 3.8) is 0 Å². The maximum Gasteiger partial charge on any atom is 0.573 e. The summed E-state index contributed by atoms with van der Waals surface area (Å²) in [6.07, 6.45) is -0.624. The highest BCUT2D eigenvalue weighted by Gasteiger charge is 2.38. The Morgan fingerprint density at radius 2 is 1.71 bits per heavy atom.